The van der Waals surface area contributed by atoms with E-state index in [2.05, 4.69) is 251 Å². The van der Waals surface area contributed by atoms with E-state index in [4.69, 9.17) is 9.98 Å². The van der Waals surface area contributed by atoms with E-state index in [9.17, 15) is 0 Å². The van der Waals surface area contributed by atoms with Crippen molar-refractivity contribution < 1.29 is 0 Å². The molecule has 0 radical (unpaired) electrons. The van der Waals surface area contributed by atoms with Crippen molar-refractivity contribution in [1.29, 1.82) is 0 Å². The molecule has 1 aromatic heterocycles. The number of benzene rings is 11. The van der Waals surface area contributed by atoms with Gasteiger partial charge in [-0.25, -0.2) is 15.0 Å². The van der Waals surface area contributed by atoms with Crippen molar-refractivity contribution in [1.82, 2.24) is 14.9 Å². The molecule has 11 aromatic carbocycles. The van der Waals surface area contributed by atoms with Gasteiger partial charge in [-0.15, -0.1) is 0 Å². The number of aromatic nitrogens is 2. The van der Waals surface area contributed by atoms with Gasteiger partial charge in [0.05, 0.1) is 11.0 Å². The van der Waals surface area contributed by atoms with E-state index < -0.39 is 0 Å². The summed E-state index contributed by atoms with van der Waals surface area (Å²) in [6, 6.07) is 90.8. The number of nitrogens with zero attached hydrogens (tertiary/aromatic N) is 4. The Hall–Kier alpha value is -9.45. The maximum atomic E-state index is 5.14. The van der Waals surface area contributed by atoms with Gasteiger partial charge in [-0.05, 0) is 107 Å². The molecular weight excluding hydrogens is 863 g/mol. The summed E-state index contributed by atoms with van der Waals surface area (Å²) in [5, 5.41) is 8.51. The average Bonchev–Trinajstić information content (AvgIpc) is 3.89. The number of hydrogen-bond donors (Lipinski definition) is 1. The first-order chi connectivity index (χ1) is 35.2. The molecule has 1 aliphatic heterocycles. The normalized spacial score (nSPS) is 13.5. The van der Waals surface area contributed by atoms with Crippen LogP contribution in [0.25, 0.3) is 93.9 Å². The summed E-state index contributed by atoms with van der Waals surface area (Å²) in [5.41, 5.74) is 18.0. The maximum Gasteiger partial charge on any atom is 0.159 e. The molecule has 13 rings (SSSR count). The van der Waals surface area contributed by atoms with E-state index in [0.29, 0.717) is 5.84 Å². The van der Waals surface area contributed by atoms with Crippen molar-refractivity contribution in [3.05, 3.63) is 278 Å². The van der Waals surface area contributed by atoms with Crippen molar-refractivity contribution in [2.45, 2.75) is 6.17 Å². The van der Waals surface area contributed by atoms with Crippen LogP contribution in [-0.4, -0.2) is 21.2 Å². The first kappa shape index (κ1) is 41.7. The molecule has 5 heteroatoms. The highest BCUT2D eigenvalue weighted by atomic mass is 15.2. The van der Waals surface area contributed by atoms with Gasteiger partial charge in [0.25, 0.3) is 0 Å². The Bertz CT molecular complexity index is 3970. The monoisotopic (exact) mass is 907 g/mol. The lowest BCUT2D eigenvalue weighted by Crippen LogP contribution is -2.33. The number of para-hydroxylation sites is 1. The first-order valence-electron chi connectivity index (χ1n) is 24.1. The topological polar surface area (TPSA) is 54.6 Å². The van der Waals surface area contributed by atoms with Gasteiger partial charge in [-0.1, -0.05) is 231 Å². The predicted molar refractivity (Wildman–Crippen MR) is 295 cm³/mol. The van der Waals surface area contributed by atoms with Crippen molar-refractivity contribution in [3.8, 4) is 61.3 Å². The lowest BCUT2D eigenvalue weighted by atomic mass is 9.88. The minimum Gasteiger partial charge on any atom is -0.344 e. The van der Waals surface area contributed by atoms with Crippen LogP contribution in [0.1, 0.15) is 22.9 Å². The van der Waals surface area contributed by atoms with E-state index in [1.54, 1.807) is 0 Å². The second kappa shape index (κ2) is 17.9. The summed E-state index contributed by atoms with van der Waals surface area (Å²) in [4.78, 5) is 14.9. The molecule has 1 atom stereocenters. The summed E-state index contributed by atoms with van der Waals surface area (Å²) in [6.45, 7) is 0. The van der Waals surface area contributed by atoms with Crippen LogP contribution in [0.5, 0.6) is 0 Å². The summed E-state index contributed by atoms with van der Waals surface area (Å²) >= 11 is 0. The fraction of sp³-hybridized carbons (Fsp3) is 0.0152. The number of rotatable bonds is 9. The largest absolute Gasteiger partial charge is 0.344 e. The molecule has 0 saturated heterocycles. The van der Waals surface area contributed by atoms with Crippen molar-refractivity contribution >= 4 is 44.2 Å². The highest BCUT2D eigenvalue weighted by Gasteiger charge is 2.22. The van der Waals surface area contributed by atoms with Crippen molar-refractivity contribution in [3.63, 3.8) is 0 Å². The molecule has 0 amide bonds. The molecule has 12 aromatic rings. The smallest absolute Gasteiger partial charge is 0.159 e. The second-order valence-corrected chi connectivity index (χ2v) is 18.0. The highest BCUT2D eigenvalue weighted by molar-refractivity contribution is 6.14. The van der Waals surface area contributed by atoms with Crippen LogP contribution in [0.3, 0.4) is 0 Å². The van der Waals surface area contributed by atoms with Crippen LogP contribution in [-0.2, 0) is 0 Å². The van der Waals surface area contributed by atoms with Gasteiger partial charge in [0.15, 0.2) is 5.84 Å². The van der Waals surface area contributed by atoms with Crippen LogP contribution in [0, 0.1) is 0 Å². The summed E-state index contributed by atoms with van der Waals surface area (Å²) < 4.78 is 2.15. The maximum absolute atomic E-state index is 5.14. The molecule has 0 aliphatic carbocycles. The fourth-order valence-corrected chi connectivity index (χ4v) is 10.2. The molecule has 334 valence electrons. The average molecular weight is 908 g/mol. The van der Waals surface area contributed by atoms with Crippen LogP contribution in [0.4, 0.5) is 0 Å². The number of imidazole rings is 1. The Kier molecular flexibility index (Phi) is 10.5. The molecule has 2 heterocycles. The number of aliphatic imine (C=N–C) groups is 2. The molecule has 71 heavy (non-hydrogen) atoms. The fourth-order valence-electron chi connectivity index (χ4n) is 10.2. The minimum atomic E-state index is -0.279. The van der Waals surface area contributed by atoms with Gasteiger partial charge in [-0.2, -0.15) is 0 Å². The quantitative estimate of drug-likeness (QED) is 0.157. The Balaban J connectivity index is 0.805. The highest BCUT2D eigenvalue weighted by Crippen LogP contribution is 2.41. The molecule has 1 unspecified atom stereocenters. The van der Waals surface area contributed by atoms with Crippen molar-refractivity contribution in [2.75, 3.05) is 0 Å². The molecular formula is C66H45N5. The number of hydrogen-bond acceptors (Lipinski definition) is 4. The van der Waals surface area contributed by atoms with Crippen LogP contribution in [0.2, 0.25) is 0 Å². The standard InChI is InChI=1S/C66H45N5/c1-4-14-44(15-5-1)45-26-32-50(33-27-45)65-68-64(49-16-6-2-7-17-49)69-66(70-65)51-34-30-48(31-35-51)55-38-40-61(59-23-13-11-21-57(55)59)60-39-37-54(56-20-10-12-22-58(56)60)47-28-24-46(25-29-47)52-36-41-62-63(42-52)71(43-67-62)53-18-8-3-9-19-53/h1-43,64H,(H,68,69,70). The third-order valence-electron chi connectivity index (χ3n) is 13.8. The zero-order valence-electron chi connectivity index (χ0n) is 38.7. The number of amidine groups is 2. The molecule has 1 N–H and O–H groups in total. The van der Waals surface area contributed by atoms with E-state index in [1.807, 2.05) is 24.5 Å². The van der Waals surface area contributed by atoms with E-state index in [-0.39, 0.29) is 6.17 Å². The van der Waals surface area contributed by atoms with Gasteiger partial charge < -0.3 is 5.32 Å². The Morgan fingerprint density at radius 2 is 0.789 bits per heavy atom. The predicted octanol–water partition coefficient (Wildman–Crippen LogP) is 16.2. The molecule has 0 bridgehead atoms. The van der Waals surface area contributed by atoms with Crippen LogP contribution < -0.4 is 5.32 Å². The Morgan fingerprint density at radius 3 is 1.38 bits per heavy atom. The Morgan fingerprint density at radius 1 is 0.352 bits per heavy atom. The van der Waals surface area contributed by atoms with Gasteiger partial charge in [0, 0.05) is 16.8 Å². The third kappa shape index (κ3) is 7.86. The summed E-state index contributed by atoms with van der Waals surface area (Å²) in [5.74, 6) is 1.49. The van der Waals surface area contributed by atoms with Gasteiger partial charge in [-0.3, -0.25) is 4.57 Å². The third-order valence-corrected chi connectivity index (χ3v) is 13.8. The molecule has 0 spiro atoms. The van der Waals surface area contributed by atoms with Crippen LogP contribution in [0.15, 0.2) is 271 Å². The number of nitrogens with one attached hydrogen (secondary N) is 1. The zero-order valence-corrected chi connectivity index (χ0v) is 38.7. The summed E-state index contributed by atoms with van der Waals surface area (Å²) in [6.07, 6.45) is 1.63. The van der Waals surface area contributed by atoms with Gasteiger partial charge in [0.2, 0.25) is 0 Å². The minimum absolute atomic E-state index is 0.279. The van der Waals surface area contributed by atoms with E-state index in [1.165, 1.54) is 60.5 Å². The number of fused-ring (bicyclic) bond motifs is 3. The van der Waals surface area contributed by atoms with Crippen LogP contribution >= 0.6 is 0 Å². The SMILES string of the molecule is c1ccc(-c2ccc(C3=NC(c4ccccc4)NC(c4ccc(-c5ccc(-c6ccc(-c7ccc(-c8ccc9ncn(-c%10ccccc%10)c9c8)cc7)c7ccccc67)c6ccccc56)cc4)=N3)cc2)cc1. The molecule has 0 fully saturated rings. The molecule has 5 nitrogen and oxygen atoms in total. The lowest BCUT2D eigenvalue weighted by molar-refractivity contribution is 0.674. The van der Waals surface area contributed by atoms with E-state index in [0.717, 1.165) is 55.9 Å². The van der Waals surface area contributed by atoms with Crippen molar-refractivity contribution in [2.24, 2.45) is 9.98 Å². The zero-order chi connectivity index (χ0) is 47.1. The molecule has 1 aliphatic rings. The molecule has 0 saturated carbocycles. The first-order valence-corrected chi connectivity index (χ1v) is 24.1. The lowest BCUT2D eigenvalue weighted by Gasteiger charge is -2.24. The summed E-state index contributed by atoms with van der Waals surface area (Å²) in [7, 11) is 0. The second-order valence-electron chi connectivity index (χ2n) is 18.0. The van der Waals surface area contributed by atoms with E-state index >= 15 is 0 Å². The Labute approximate surface area is 412 Å². The van der Waals surface area contributed by atoms with Gasteiger partial charge >= 0.3 is 0 Å². The van der Waals surface area contributed by atoms with Gasteiger partial charge in [0.1, 0.15) is 18.3 Å².